The zero-order valence-corrected chi connectivity index (χ0v) is 11.9. The molecule has 0 aromatic heterocycles. The summed E-state index contributed by atoms with van der Waals surface area (Å²) in [7, 11) is 3.41. The van der Waals surface area contributed by atoms with Gasteiger partial charge in [0.25, 0.3) is 5.24 Å². The van der Waals surface area contributed by atoms with E-state index < -0.39 is 0 Å². The molecule has 0 bridgehead atoms. The summed E-state index contributed by atoms with van der Waals surface area (Å²) < 4.78 is 5.32. The van der Waals surface area contributed by atoms with Crippen LogP contribution < -0.4 is 4.74 Å². The second kappa shape index (κ2) is 5.45. The Morgan fingerprint density at radius 2 is 1.94 bits per heavy atom. The molecule has 4 heteroatoms. The van der Waals surface area contributed by atoms with Crippen molar-refractivity contribution in [3.8, 4) is 5.75 Å². The molecule has 0 unspecified atom stereocenters. The predicted octanol–water partition coefficient (Wildman–Crippen LogP) is 3.10. The lowest BCUT2D eigenvalue weighted by Crippen LogP contribution is -2.21. The van der Waals surface area contributed by atoms with Crippen LogP contribution in [0.25, 0.3) is 0 Å². The molecule has 17 heavy (non-hydrogen) atoms. The molecule has 0 heterocycles. The van der Waals surface area contributed by atoms with Gasteiger partial charge in [-0.1, -0.05) is 12.6 Å². The molecule has 0 saturated heterocycles. The number of hydrogen-bond donors (Lipinski definition) is 1. The summed E-state index contributed by atoms with van der Waals surface area (Å²) in [5.74, 6) is 0.892. The van der Waals surface area contributed by atoms with Crippen LogP contribution in [0.15, 0.2) is 6.07 Å². The Morgan fingerprint density at radius 3 is 2.41 bits per heavy atom. The van der Waals surface area contributed by atoms with E-state index >= 15 is 0 Å². The molecule has 0 aliphatic heterocycles. The molecule has 1 aromatic rings. The summed E-state index contributed by atoms with van der Waals surface area (Å²) in [4.78, 5) is 12.7. The van der Waals surface area contributed by atoms with E-state index in [9.17, 15) is 4.79 Å². The number of carbonyl (C=O) groups is 1. The minimum absolute atomic E-state index is 0.225. The van der Waals surface area contributed by atoms with Crippen molar-refractivity contribution >= 4 is 17.9 Å². The van der Waals surface area contributed by atoms with Gasteiger partial charge in [0.1, 0.15) is 5.75 Å². The Labute approximate surface area is 108 Å². The molecule has 0 radical (unpaired) electrons. The SMILES string of the molecule is COc1cc(C)c(CN(C)C(=O)S)c(C)c1C. The second-order valence-corrected chi connectivity index (χ2v) is 4.65. The van der Waals surface area contributed by atoms with Gasteiger partial charge in [-0.3, -0.25) is 4.79 Å². The van der Waals surface area contributed by atoms with E-state index in [1.807, 2.05) is 19.9 Å². The van der Waals surface area contributed by atoms with Gasteiger partial charge in [-0.15, -0.1) is 0 Å². The summed E-state index contributed by atoms with van der Waals surface area (Å²) in [5, 5.41) is -0.225. The van der Waals surface area contributed by atoms with Gasteiger partial charge >= 0.3 is 0 Å². The first kappa shape index (κ1) is 13.9. The van der Waals surface area contributed by atoms with E-state index in [-0.39, 0.29) is 5.24 Å². The summed E-state index contributed by atoms with van der Waals surface area (Å²) in [6, 6.07) is 2.01. The number of aryl methyl sites for hydroxylation is 1. The van der Waals surface area contributed by atoms with E-state index in [2.05, 4.69) is 19.6 Å². The maximum Gasteiger partial charge on any atom is 0.278 e. The van der Waals surface area contributed by atoms with Crippen molar-refractivity contribution in [2.24, 2.45) is 0 Å². The predicted molar refractivity (Wildman–Crippen MR) is 73.1 cm³/mol. The minimum atomic E-state index is -0.225. The zero-order chi connectivity index (χ0) is 13.2. The Balaban J connectivity index is 3.17. The molecule has 3 nitrogen and oxygen atoms in total. The van der Waals surface area contributed by atoms with Gasteiger partial charge in [0.15, 0.2) is 0 Å². The number of thiol groups is 1. The molecule has 0 saturated carbocycles. The molecule has 0 spiro atoms. The van der Waals surface area contributed by atoms with E-state index in [1.54, 1.807) is 19.1 Å². The van der Waals surface area contributed by atoms with Crippen LogP contribution in [-0.2, 0) is 6.54 Å². The number of ether oxygens (including phenoxy) is 1. The Hall–Kier alpha value is -1.16. The smallest absolute Gasteiger partial charge is 0.278 e. The van der Waals surface area contributed by atoms with E-state index in [1.165, 1.54) is 5.56 Å². The van der Waals surface area contributed by atoms with Crippen LogP contribution in [0.4, 0.5) is 4.79 Å². The zero-order valence-electron chi connectivity index (χ0n) is 11.0. The van der Waals surface area contributed by atoms with Crippen LogP contribution in [0.5, 0.6) is 5.75 Å². The molecule has 0 fully saturated rings. The largest absolute Gasteiger partial charge is 0.496 e. The maximum absolute atomic E-state index is 11.1. The molecule has 0 N–H and O–H groups in total. The summed E-state index contributed by atoms with van der Waals surface area (Å²) in [5.41, 5.74) is 4.58. The fraction of sp³-hybridized carbons (Fsp3) is 0.462. The topological polar surface area (TPSA) is 29.5 Å². The maximum atomic E-state index is 11.1. The molecule has 0 aliphatic carbocycles. The average molecular weight is 253 g/mol. The molecule has 0 aliphatic rings. The van der Waals surface area contributed by atoms with E-state index in [0.29, 0.717) is 6.54 Å². The van der Waals surface area contributed by atoms with Gasteiger partial charge in [0.05, 0.1) is 7.11 Å². The van der Waals surface area contributed by atoms with E-state index in [0.717, 1.165) is 22.4 Å². The number of carbonyl (C=O) groups excluding carboxylic acids is 1. The van der Waals surface area contributed by atoms with Crippen molar-refractivity contribution in [1.82, 2.24) is 4.90 Å². The third kappa shape index (κ3) is 2.94. The standard InChI is InChI=1S/C13H19NO2S/c1-8-6-12(16-5)10(3)9(2)11(8)7-14(4)13(15)17/h6H,7H2,1-5H3,(H,15,17). The number of hydrogen-bond acceptors (Lipinski definition) is 2. The number of methoxy groups -OCH3 is 1. The molecular weight excluding hydrogens is 234 g/mol. The van der Waals surface area contributed by atoms with E-state index in [4.69, 9.17) is 4.74 Å². The first-order valence-electron chi connectivity index (χ1n) is 5.46. The highest BCUT2D eigenvalue weighted by Crippen LogP contribution is 2.28. The fourth-order valence-electron chi connectivity index (χ4n) is 1.86. The van der Waals surface area contributed by atoms with Gasteiger partial charge in [-0.2, -0.15) is 0 Å². The molecule has 1 rings (SSSR count). The minimum Gasteiger partial charge on any atom is -0.496 e. The first-order valence-corrected chi connectivity index (χ1v) is 5.91. The van der Waals surface area contributed by atoms with Crippen LogP contribution in [-0.4, -0.2) is 24.3 Å². The van der Waals surface area contributed by atoms with Crippen LogP contribution in [0.3, 0.4) is 0 Å². The van der Waals surface area contributed by atoms with Crippen molar-refractivity contribution in [2.45, 2.75) is 27.3 Å². The Kier molecular flexibility index (Phi) is 4.46. The number of benzene rings is 1. The molecular formula is C13H19NO2S. The van der Waals surface area contributed by atoms with Crippen molar-refractivity contribution in [3.63, 3.8) is 0 Å². The van der Waals surface area contributed by atoms with Crippen LogP contribution in [0.2, 0.25) is 0 Å². The number of amides is 1. The third-order valence-corrected chi connectivity index (χ3v) is 3.49. The quantitative estimate of drug-likeness (QED) is 0.839. The van der Waals surface area contributed by atoms with Crippen LogP contribution in [0.1, 0.15) is 22.3 Å². The van der Waals surface area contributed by atoms with Gasteiger partial charge in [0, 0.05) is 13.6 Å². The monoisotopic (exact) mass is 253 g/mol. The fourth-order valence-corrected chi connectivity index (χ4v) is 1.93. The van der Waals surface area contributed by atoms with Gasteiger partial charge in [-0.25, -0.2) is 0 Å². The van der Waals surface area contributed by atoms with Crippen molar-refractivity contribution in [2.75, 3.05) is 14.2 Å². The first-order chi connectivity index (χ1) is 7.88. The number of rotatable bonds is 3. The van der Waals surface area contributed by atoms with Crippen molar-refractivity contribution in [1.29, 1.82) is 0 Å². The summed E-state index contributed by atoms with van der Waals surface area (Å²) in [6.45, 7) is 6.68. The van der Waals surface area contributed by atoms with Gasteiger partial charge in [-0.05, 0) is 49.1 Å². The normalized spacial score (nSPS) is 10.2. The highest BCUT2D eigenvalue weighted by molar-refractivity contribution is 7.96. The average Bonchev–Trinajstić information content (AvgIpc) is 2.28. The second-order valence-electron chi connectivity index (χ2n) is 4.26. The van der Waals surface area contributed by atoms with Gasteiger partial charge in [0.2, 0.25) is 0 Å². The lowest BCUT2D eigenvalue weighted by Gasteiger charge is -2.20. The molecule has 94 valence electrons. The lowest BCUT2D eigenvalue weighted by molar-refractivity contribution is 0.232. The summed E-state index contributed by atoms with van der Waals surface area (Å²) in [6.07, 6.45) is 0. The molecule has 1 aromatic carbocycles. The lowest BCUT2D eigenvalue weighted by atomic mass is 9.97. The van der Waals surface area contributed by atoms with Crippen LogP contribution in [0, 0.1) is 20.8 Å². The Morgan fingerprint density at radius 1 is 1.35 bits per heavy atom. The van der Waals surface area contributed by atoms with Crippen molar-refractivity contribution < 1.29 is 9.53 Å². The van der Waals surface area contributed by atoms with Crippen molar-refractivity contribution in [3.05, 3.63) is 28.3 Å². The number of nitrogens with zero attached hydrogens (tertiary/aromatic N) is 1. The summed E-state index contributed by atoms with van der Waals surface area (Å²) >= 11 is 3.82. The third-order valence-electron chi connectivity index (χ3n) is 3.15. The van der Waals surface area contributed by atoms with Crippen LogP contribution >= 0.6 is 12.6 Å². The highest BCUT2D eigenvalue weighted by atomic mass is 32.1. The highest BCUT2D eigenvalue weighted by Gasteiger charge is 2.13. The van der Waals surface area contributed by atoms with Gasteiger partial charge < -0.3 is 9.64 Å². The molecule has 1 amide bonds. The Bertz CT molecular complexity index is 444. The molecule has 0 atom stereocenters.